The van der Waals surface area contributed by atoms with Gasteiger partial charge in [-0.2, -0.15) is 0 Å². The normalized spacial score (nSPS) is 11.3. The number of furan rings is 1. The van der Waals surface area contributed by atoms with Crippen molar-refractivity contribution in [2.24, 2.45) is 0 Å². The van der Waals surface area contributed by atoms with Crippen molar-refractivity contribution in [1.82, 2.24) is 4.98 Å². The molecule has 1 N–H and O–H groups in total. The molecule has 0 spiro atoms. The molecule has 0 aliphatic rings. The third-order valence-corrected chi connectivity index (χ3v) is 4.84. The van der Waals surface area contributed by atoms with E-state index in [1.54, 1.807) is 12.1 Å². The van der Waals surface area contributed by atoms with Crippen LogP contribution in [-0.2, 0) is 0 Å². The lowest BCUT2D eigenvalue weighted by atomic mass is 10.0. The van der Waals surface area contributed by atoms with Crippen LogP contribution in [0.25, 0.3) is 44.5 Å². The first-order valence-corrected chi connectivity index (χ1v) is 8.94. The summed E-state index contributed by atoms with van der Waals surface area (Å²) >= 11 is 6.22. The Morgan fingerprint density at radius 3 is 2.48 bits per heavy atom. The molecule has 2 aromatic heterocycles. The Hall–Kier alpha value is -3.30. The van der Waals surface area contributed by atoms with Crippen molar-refractivity contribution in [3.63, 3.8) is 0 Å². The molecule has 0 aliphatic heterocycles. The van der Waals surface area contributed by atoms with E-state index >= 15 is 0 Å². The van der Waals surface area contributed by atoms with Gasteiger partial charge >= 0.3 is 0 Å². The zero-order valence-corrected chi connectivity index (χ0v) is 14.9. The molecule has 0 bridgehead atoms. The smallest absolute Gasteiger partial charge is 0.161 e. The van der Waals surface area contributed by atoms with E-state index < -0.39 is 0 Å². The molecular formula is C23H14ClNO2. The van der Waals surface area contributed by atoms with Gasteiger partial charge in [0.05, 0.1) is 5.69 Å². The minimum absolute atomic E-state index is 0.204. The number of hydrogen-bond acceptors (Lipinski definition) is 3. The lowest BCUT2D eigenvalue weighted by molar-refractivity contribution is 0.475. The Morgan fingerprint density at radius 1 is 0.815 bits per heavy atom. The van der Waals surface area contributed by atoms with Gasteiger partial charge in [0.2, 0.25) is 0 Å². The number of phenolic OH excluding ortho intramolecular Hbond substituents is 1. The number of halogens is 1. The van der Waals surface area contributed by atoms with E-state index in [1.165, 1.54) is 0 Å². The molecule has 5 rings (SSSR count). The van der Waals surface area contributed by atoms with E-state index in [9.17, 15) is 5.11 Å². The van der Waals surface area contributed by atoms with Crippen LogP contribution in [-0.4, -0.2) is 10.1 Å². The Bertz CT molecular complexity index is 1310. The van der Waals surface area contributed by atoms with E-state index in [2.05, 4.69) is 0 Å². The lowest BCUT2D eigenvalue weighted by Crippen LogP contribution is -1.88. The van der Waals surface area contributed by atoms with Crippen molar-refractivity contribution in [1.29, 1.82) is 0 Å². The van der Waals surface area contributed by atoms with Gasteiger partial charge in [0.15, 0.2) is 5.58 Å². The first-order valence-electron chi connectivity index (χ1n) is 8.57. The number of fused-ring (bicyclic) bond motifs is 3. The molecule has 0 radical (unpaired) electrons. The van der Waals surface area contributed by atoms with Crippen molar-refractivity contribution < 1.29 is 9.52 Å². The maximum Gasteiger partial charge on any atom is 0.161 e. The monoisotopic (exact) mass is 371 g/mol. The van der Waals surface area contributed by atoms with Crippen molar-refractivity contribution in [2.75, 3.05) is 0 Å². The Kier molecular flexibility index (Phi) is 3.62. The number of phenols is 1. The summed E-state index contributed by atoms with van der Waals surface area (Å²) in [5.41, 5.74) is 5.78. The number of hydrogen-bond donors (Lipinski definition) is 1. The van der Waals surface area contributed by atoms with Gasteiger partial charge in [0, 0.05) is 21.5 Å². The van der Waals surface area contributed by atoms with E-state index in [0.29, 0.717) is 5.02 Å². The fraction of sp³-hybridized carbons (Fsp3) is 0. The van der Waals surface area contributed by atoms with Crippen LogP contribution in [0, 0.1) is 0 Å². The van der Waals surface area contributed by atoms with Gasteiger partial charge in [-0.05, 0) is 48.0 Å². The Balaban J connectivity index is 1.89. The van der Waals surface area contributed by atoms with Crippen molar-refractivity contribution >= 4 is 33.7 Å². The standard InChI is InChI=1S/C23H14ClNO2/c24-16-7-3-5-14(11-16)19-13-20(15-6-4-8-17(26)12-15)25-22-18-9-1-2-10-21(18)27-23(19)22/h1-13,26H. The summed E-state index contributed by atoms with van der Waals surface area (Å²) in [6.07, 6.45) is 0. The topological polar surface area (TPSA) is 46.3 Å². The average molecular weight is 372 g/mol. The van der Waals surface area contributed by atoms with Crippen molar-refractivity contribution in [2.45, 2.75) is 0 Å². The van der Waals surface area contributed by atoms with Gasteiger partial charge < -0.3 is 9.52 Å². The molecule has 0 atom stereocenters. The second-order valence-corrected chi connectivity index (χ2v) is 6.83. The predicted molar refractivity (Wildman–Crippen MR) is 109 cm³/mol. The SMILES string of the molecule is Oc1cccc(-c2cc(-c3cccc(Cl)c3)c3oc4ccccc4c3n2)c1. The molecule has 0 saturated carbocycles. The summed E-state index contributed by atoms with van der Waals surface area (Å²) in [5.74, 6) is 0.204. The van der Waals surface area contributed by atoms with Crippen molar-refractivity contribution in [3.05, 3.63) is 83.9 Å². The summed E-state index contributed by atoms with van der Waals surface area (Å²) in [5, 5.41) is 11.5. The molecule has 130 valence electrons. The fourth-order valence-corrected chi connectivity index (χ4v) is 3.55. The minimum Gasteiger partial charge on any atom is -0.508 e. The van der Waals surface area contributed by atoms with Gasteiger partial charge in [-0.3, -0.25) is 0 Å². The highest BCUT2D eigenvalue weighted by Gasteiger charge is 2.16. The van der Waals surface area contributed by atoms with Crippen LogP contribution in [0.15, 0.2) is 83.3 Å². The van der Waals surface area contributed by atoms with Crippen LogP contribution in [0.3, 0.4) is 0 Å². The minimum atomic E-state index is 0.204. The first-order chi connectivity index (χ1) is 13.2. The zero-order chi connectivity index (χ0) is 18.4. The quantitative estimate of drug-likeness (QED) is 0.376. The average Bonchev–Trinajstić information content (AvgIpc) is 3.06. The maximum atomic E-state index is 9.88. The first kappa shape index (κ1) is 15.9. The molecule has 3 nitrogen and oxygen atoms in total. The summed E-state index contributed by atoms with van der Waals surface area (Å²) in [7, 11) is 0. The molecule has 27 heavy (non-hydrogen) atoms. The van der Waals surface area contributed by atoms with Crippen LogP contribution >= 0.6 is 11.6 Å². The molecule has 0 aliphatic carbocycles. The summed E-state index contributed by atoms with van der Waals surface area (Å²) in [6, 6.07) is 24.6. The summed E-state index contributed by atoms with van der Waals surface area (Å²) in [6.45, 7) is 0. The van der Waals surface area contributed by atoms with Gasteiger partial charge in [-0.15, -0.1) is 0 Å². The molecule has 2 heterocycles. The third-order valence-electron chi connectivity index (χ3n) is 4.60. The van der Waals surface area contributed by atoms with Gasteiger partial charge in [0.1, 0.15) is 16.8 Å². The molecule has 0 saturated heterocycles. The second-order valence-electron chi connectivity index (χ2n) is 6.39. The molecule has 0 amide bonds. The molecule has 4 heteroatoms. The zero-order valence-electron chi connectivity index (χ0n) is 14.2. The summed E-state index contributed by atoms with van der Waals surface area (Å²) < 4.78 is 6.14. The van der Waals surface area contributed by atoms with Crippen LogP contribution in [0.2, 0.25) is 5.02 Å². The molecule has 0 fully saturated rings. The maximum absolute atomic E-state index is 9.88. The molecule has 5 aromatic rings. The van der Waals surface area contributed by atoms with Gasteiger partial charge in [-0.25, -0.2) is 4.98 Å². The van der Waals surface area contributed by atoms with Crippen LogP contribution in [0.5, 0.6) is 5.75 Å². The van der Waals surface area contributed by atoms with E-state index in [4.69, 9.17) is 21.0 Å². The molecular weight excluding hydrogens is 358 g/mol. The second kappa shape index (κ2) is 6.15. The number of benzene rings is 3. The van der Waals surface area contributed by atoms with Crippen molar-refractivity contribution in [3.8, 4) is 28.1 Å². The van der Waals surface area contributed by atoms with E-state index in [1.807, 2.05) is 66.7 Å². The number of rotatable bonds is 2. The molecule has 0 unspecified atom stereocenters. The van der Waals surface area contributed by atoms with Crippen LogP contribution < -0.4 is 0 Å². The fourth-order valence-electron chi connectivity index (χ4n) is 3.36. The highest BCUT2D eigenvalue weighted by atomic mass is 35.5. The number of nitrogens with zero attached hydrogens (tertiary/aromatic N) is 1. The number of aromatic hydroxyl groups is 1. The van der Waals surface area contributed by atoms with Crippen LogP contribution in [0.1, 0.15) is 0 Å². The number of aromatic nitrogens is 1. The van der Waals surface area contributed by atoms with E-state index in [0.717, 1.165) is 44.5 Å². The Labute approximate surface area is 160 Å². The number of para-hydroxylation sites is 1. The Morgan fingerprint density at radius 2 is 1.63 bits per heavy atom. The van der Waals surface area contributed by atoms with Crippen LogP contribution in [0.4, 0.5) is 0 Å². The predicted octanol–water partition coefficient (Wildman–Crippen LogP) is 6.67. The highest BCUT2D eigenvalue weighted by molar-refractivity contribution is 6.31. The lowest BCUT2D eigenvalue weighted by Gasteiger charge is -2.08. The summed E-state index contributed by atoms with van der Waals surface area (Å²) in [4.78, 5) is 4.85. The van der Waals surface area contributed by atoms with Gasteiger partial charge in [-0.1, -0.05) is 48.0 Å². The number of pyridine rings is 1. The van der Waals surface area contributed by atoms with Gasteiger partial charge in [0.25, 0.3) is 0 Å². The third kappa shape index (κ3) is 2.73. The largest absolute Gasteiger partial charge is 0.508 e. The molecule has 3 aromatic carbocycles. The van der Waals surface area contributed by atoms with E-state index in [-0.39, 0.29) is 5.75 Å². The highest BCUT2D eigenvalue weighted by Crippen LogP contribution is 2.38.